The number of amides is 1. The van der Waals surface area contributed by atoms with Crippen molar-refractivity contribution in [2.75, 3.05) is 18.8 Å². The van der Waals surface area contributed by atoms with Gasteiger partial charge < -0.3 is 20.8 Å². The van der Waals surface area contributed by atoms with Crippen LogP contribution in [0.25, 0.3) is 0 Å². The summed E-state index contributed by atoms with van der Waals surface area (Å²) in [6.07, 6.45) is 7.65. The first-order valence-electron chi connectivity index (χ1n) is 10.2. The Balaban J connectivity index is 0.000000706. The van der Waals surface area contributed by atoms with Gasteiger partial charge in [-0.1, -0.05) is 13.3 Å². The van der Waals surface area contributed by atoms with E-state index < -0.39 is 5.60 Å². The molecule has 1 aromatic rings. The van der Waals surface area contributed by atoms with Crippen LogP contribution in [0.5, 0.6) is 0 Å². The third-order valence-corrected chi connectivity index (χ3v) is 6.62. The molecule has 2 fully saturated rings. The van der Waals surface area contributed by atoms with Gasteiger partial charge in [-0.2, -0.15) is 0 Å². The Hall–Kier alpha value is -2.22. The van der Waals surface area contributed by atoms with E-state index in [1.807, 2.05) is 11.8 Å². The van der Waals surface area contributed by atoms with Crippen LogP contribution in [0.1, 0.15) is 67.2 Å². The van der Waals surface area contributed by atoms with E-state index in [1.54, 1.807) is 0 Å². The van der Waals surface area contributed by atoms with Gasteiger partial charge >= 0.3 is 0 Å². The van der Waals surface area contributed by atoms with Crippen LogP contribution in [0.2, 0.25) is 0 Å². The summed E-state index contributed by atoms with van der Waals surface area (Å²) >= 11 is 0. The number of fused-ring (bicyclic) bond motifs is 2. The Morgan fingerprint density at radius 2 is 2.00 bits per heavy atom. The lowest BCUT2D eigenvalue weighted by atomic mass is 9.69. The van der Waals surface area contributed by atoms with E-state index in [1.165, 1.54) is 0 Å². The summed E-state index contributed by atoms with van der Waals surface area (Å²) in [6.45, 7) is 3.16. The topological polar surface area (TPSA) is 130 Å². The molecule has 2 aliphatic carbocycles. The lowest BCUT2D eigenvalue weighted by molar-refractivity contribution is -0.122. The van der Waals surface area contributed by atoms with Gasteiger partial charge in [-0.3, -0.25) is 9.59 Å². The van der Waals surface area contributed by atoms with Crippen molar-refractivity contribution < 1.29 is 19.8 Å². The van der Waals surface area contributed by atoms with E-state index in [0.29, 0.717) is 18.2 Å². The van der Waals surface area contributed by atoms with Gasteiger partial charge in [-0.25, -0.2) is 9.97 Å². The zero-order valence-electron chi connectivity index (χ0n) is 16.4. The van der Waals surface area contributed by atoms with Crippen molar-refractivity contribution in [1.82, 2.24) is 14.9 Å². The first kappa shape index (κ1) is 20.5. The lowest BCUT2D eigenvalue weighted by Crippen LogP contribution is -2.44. The molecular formula is C20H30N4O4. The Bertz CT molecular complexity index is 741. The molecule has 8 nitrogen and oxygen atoms in total. The molecule has 1 saturated carbocycles. The lowest BCUT2D eigenvalue weighted by Gasteiger charge is -2.40. The summed E-state index contributed by atoms with van der Waals surface area (Å²) in [5.74, 6) is 0.758. The highest BCUT2D eigenvalue weighted by atomic mass is 16.3. The first-order valence-corrected chi connectivity index (χ1v) is 10.2. The average Bonchev–Trinajstić information content (AvgIpc) is 3.13. The van der Waals surface area contributed by atoms with Gasteiger partial charge in [-0.05, 0) is 50.9 Å². The van der Waals surface area contributed by atoms with Crippen LogP contribution in [0.15, 0.2) is 0 Å². The fourth-order valence-corrected chi connectivity index (χ4v) is 5.17. The predicted molar refractivity (Wildman–Crippen MR) is 104 cm³/mol. The standard InChI is InChI=1S/C19H28N4O2.CH2O2/c1-2-19(25)9-5-6-12-10-23(11-14(12)19)17(24)16-13-7-3-4-8-15(13)21-18(20)22-16;2-1-3/h12,14,25H,2-11H2,1H3,(H2,20,21,22);1H,(H,2,3)/t12-,14+,19-;/m0./s1. The van der Waals surface area contributed by atoms with E-state index in [0.717, 1.165) is 69.2 Å². The number of carboxylic acid groups (broad SMARTS) is 1. The summed E-state index contributed by atoms with van der Waals surface area (Å²) in [5, 5.41) is 17.9. The summed E-state index contributed by atoms with van der Waals surface area (Å²) in [5.41, 5.74) is 7.69. The number of rotatable bonds is 2. The Morgan fingerprint density at radius 1 is 1.29 bits per heavy atom. The normalized spacial score (nSPS) is 28.6. The van der Waals surface area contributed by atoms with Crippen LogP contribution in [-0.2, 0) is 17.6 Å². The van der Waals surface area contributed by atoms with E-state index in [-0.39, 0.29) is 24.2 Å². The molecule has 0 aromatic carbocycles. The highest BCUT2D eigenvalue weighted by Gasteiger charge is 2.49. The molecule has 0 spiro atoms. The van der Waals surface area contributed by atoms with Crippen molar-refractivity contribution in [2.24, 2.45) is 11.8 Å². The minimum atomic E-state index is -0.623. The number of aliphatic hydroxyl groups is 1. The third kappa shape index (κ3) is 3.83. The number of carbonyl (C=O) groups excluding carboxylic acids is 1. The van der Waals surface area contributed by atoms with Gasteiger partial charge in [0.1, 0.15) is 5.69 Å². The molecule has 1 aromatic heterocycles. The number of anilines is 1. The van der Waals surface area contributed by atoms with Crippen molar-refractivity contribution in [3.8, 4) is 0 Å². The van der Waals surface area contributed by atoms with Gasteiger partial charge in [-0.15, -0.1) is 0 Å². The molecule has 3 atom stereocenters. The monoisotopic (exact) mass is 390 g/mol. The maximum absolute atomic E-state index is 13.2. The van der Waals surface area contributed by atoms with Crippen molar-refractivity contribution in [1.29, 1.82) is 0 Å². The average molecular weight is 390 g/mol. The largest absolute Gasteiger partial charge is 0.483 e. The Morgan fingerprint density at radius 3 is 2.71 bits per heavy atom. The second-order valence-corrected chi connectivity index (χ2v) is 8.09. The van der Waals surface area contributed by atoms with Gasteiger partial charge in [0.25, 0.3) is 12.4 Å². The smallest absolute Gasteiger partial charge is 0.290 e. The molecule has 154 valence electrons. The molecular weight excluding hydrogens is 360 g/mol. The second kappa shape index (κ2) is 8.43. The maximum atomic E-state index is 13.2. The third-order valence-electron chi connectivity index (χ3n) is 6.62. The molecule has 4 rings (SSSR count). The second-order valence-electron chi connectivity index (χ2n) is 8.09. The minimum absolute atomic E-state index is 0.0277. The summed E-state index contributed by atoms with van der Waals surface area (Å²) in [7, 11) is 0. The van der Waals surface area contributed by atoms with Crippen molar-refractivity contribution in [3.63, 3.8) is 0 Å². The number of aryl methyl sites for hydroxylation is 1. The van der Waals surface area contributed by atoms with E-state index in [4.69, 9.17) is 15.6 Å². The molecule has 0 bridgehead atoms. The van der Waals surface area contributed by atoms with E-state index >= 15 is 0 Å². The van der Waals surface area contributed by atoms with Crippen LogP contribution in [-0.4, -0.2) is 56.2 Å². The Kier molecular flexibility index (Phi) is 6.17. The fraction of sp³-hybridized carbons (Fsp3) is 0.700. The van der Waals surface area contributed by atoms with Gasteiger partial charge in [0.15, 0.2) is 0 Å². The van der Waals surface area contributed by atoms with Crippen molar-refractivity contribution >= 4 is 18.3 Å². The highest BCUT2D eigenvalue weighted by Crippen LogP contribution is 2.44. The van der Waals surface area contributed by atoms with Crippen LogP contribution < -0.4 is 5.73 Å². The number of nitrogens with zero attached hydrogens (tertiary/aromatic N) is 3. The maximum Gasteiger partial charge on any atom is 0.290 e. The molecule has 8 heteroatoms. The molecule has 0 unspecified atom stereocenters. The first-order chi connectivity index (χ1) is 13.4. The number of hydrogen-bond donors (Lipinski definition) is 3. The molecule has 3 aliphatic rings. The van der Waals surface area contributed by atoms with Crippen molar-refractivity contribution in [2.45, 2.75) is 63.9 Å². The fourth-order valence-electron chi connectivity index (χ4n) is 5.17. The summed E-state index contributed by atoms with van der Waals surface area (Å²) in [6, 6.07) is 0. The van der Waals surface area contributed by atoms with E-state index in [9.17, 15) is 9.90 Å². The highest BCUT2D eigenvalue weighted by molar-refractivity contribution is 5.94. The SMILES string of the molecule is CC[C@]1(O)CCC[C@H]2CN(C(=O)c3nc(N)nc4c3CCCC4)C[C@H]21.O=CO. The number of nitrogen functional groups attached to an aromatic ring is 1. The zero-order valence-corrected chi connectivity index (χ0v) is 16.4. The van der Waals surface area contributed by atoms with Crippen LogP contribution >= 0.6 is 0 Å². The minimum Gasteiger partial charge on any atom is -0.483 e. The number of hydrogen-bond acceptors (Lipinski definition) is 6. The molecule has 4 N–H and O–H groups in total. The van der Waals surface area contributed by atoms with Gasteiger partial charge in [0.05, 0.1) is 5.60 Å². The van der Waals surface area contributed by atoms with Gasteiger partial charge in [0, 0.05) is 30.3 Å². The quantitative estimate of drug-likeness (QED) is 0.655. The zero-order chi connectivity index (χ0) is 20.3. The van der Waals surface area contributed by atoms with Crippen LogP contribution in [0.3, 0.4) is 0 Å². The molecule has 1 saturated heterocycles. The molecule has 28 heavy (non-hydrogen) atoms. The number of aromatic nitrogens is 2. The molecule has 2 heterocycles. The molecule has 1 amide bonds. The van der Waals surface area contributed by atoms with Crippen LogP contribution in [0.4, 0.5) is 5.95 Å². The molecule has 0 radical (unpaired) electrons. The van der Waals surface area contributed by atoms with Crippen LogP contribution in [0, 0.1) is 11.8 Å². The number of carbonyl (C=O) groups is 2. The van der Waals surface area contributed by atoms with E-state index in [2.05, 4.69) is 9.97 Å². The molecule has 1 aliphatic heterocycles. The number of likely N-dealkylation sites (tertiary alicyclic amines) is 1. The number of nitrogens with two attached hydrogens (primary N) is 1. The predicted octanol–water partition coefficient (Wildman–Crippen LogP) is 1.65. The van der Waals surface area contributed by atoms with Gasteiger partial charge in [0.2, 0.25) is 5.95 Å². The summed E-state index contributed by atoms with van der Waals surface area (Å²) in [4.78, 5) is 32.1. The van der Waals surface area contributed by atoms with Crippen molar-refractivity contribution in [3.05, 3.63) is 17.0 Å². The summed E-state index contributed by atoms with van der Waals surface area (Å²) < 4.78 is 0. The Labute approximate surface area is 165 Å².